The first-order chi connectivity index (χ1) is 14.9. The fourth-order valence-corrected chi connectivity index (χ4v) is 3.23. The van der Waals surface area contributed by atoms with E-state index in [1.54, 1.807) is 37.4 Å². The van der Waals surface area contributed by atoms with Gasteiger partial charge >= 0.3 is 0 Å². The number of aryl methyl sites for hydroxylation is 1. The van der Waals surface area contributed by atoms with Gasteiger partial charge in [0.2, 0.25) is 5.91 Å². The van der Waals surface area contributed by atoms with Gasteiger partial charge in [-0.05, 0) is 60.0 Å². The molecule has 0 bridgehead atoms. The van der Waals surface area contributed by atoms with E-state index >= 15 is 0 Å². The van der Waals surface area contributed by atoms with Crippen LogP contribution in [0.4, 0.5) is 4.39 Å². The van der Waals surface area contributed by atoms with Crippen molar-refractivity contribution in [2.75, 3.05) is 7.05 Å². The second kappa shape index (κ2) is 10.4. The van der Waals surface area contributed by atoms with E-state index in [0.29, 0.717) is 39.8 Å². The molecular formula is C24H20Cl2FNO3. The SMILES string of the molecule is CNC(=O)CCc1ccc(Oc2ccc(CC(=O)c3ccc(Cl)c(Cl)c3)cc2F)cc1. The molecule has 31 heavy (non-hydrogen) atoms. The fourth-order valence-electron chi connectivity index (χ4n) is 2.93. The van der Waals surface area contributed by atoms with Crippen LogP contribution in [-0.4, -0.2) is 18.7 Å². The maximum Gasteiger partial charge on any atom is 0.220 e. The normalized spacial score (nSPS) is 10.6. The summed E-state index contributed by atoms with van der Waals surface area (Å²) >= 11 is 11.8. The summed E-state index contributed by atoms with van der Waals surface area (Å²) in [6.45, 7) is 0. The van der Waals surface area contributed by atoms with Crippen molar-refractivity contribution >= 4 is 34.9 Å². The van der Waals surface area contributed by atoms with Crippen LogP contribution < -0.4 is 10.1 Å². The lowest BCUT2D eigenvalue weighted by Gasteiger charge is -2.09. The van der Waals surface area contributed by atoms with Gasteiger partial charge in [0.25, 0.3) is 0 Å². The van der Waals surface area contributed by atoms with E-state index in [1.165, 1.54) is 18.2 Å². The third kappa shape index (κ3) is 6.29. The number of benzene rings is 3. The second-order valence-electron chi connectivity index (χ2n) is 6.91. The number of hydrogen-bond acceptors (Lipinski definition) is 3. The van der Waals surface area contributed by atoms with Crippen molar-refractivity contribution in [3.05, 3.63) is 93.2 Å². The van der Waals surface area contributed by atoms with E-state index in [4.69, 9.17) is 27.9 Å². The molecule has 0 atom stereocenters. The van der Waals surface area contributed by atoms with Crippen molar-refractivity contribution < 1.29 is 18.7 Å². The number of ether oxygens (including phenoxy) is 1. The van der Waals surface area contributed by atoms with Crippen molar-refractivity contribution in [3.8, 4) is 11.5 Å². The zero-order valence-electron chi connectivity index (χ0n) is 16.8. The highest BCUT2D eigenvalue weighted by molar-refractivity contribution is 6.42. The first kappa shape index (κ1) is 22.8. The summed E-state index contributed by atoms with van der Waals surface area (Å²) in [5.74, 6) is -0.256. The molecule has 1 amide bonds. The Bertz CT molecular complexity index is 1100. The summed E-state index contributed by atoms with van der Waals surface area (Å²) in [7, 11) is 1.60. The average molecular weight is 460 g/mol. The minimum atomic E-state index is -0.567. The van der Waals surface area contributed by atoms with Crippen LogP contribution in [0.3, 0.4) is 0 Å². The van der Waals surface area contributed by atoms with Gasteiger partial charge in [0.05, 0.1) is 10.0 Å². The smallest absolute Gasteiger partial charge is 0.220 e. The Morgan fingerprint density at radius 1 is 0.935 bits per heavy atom. The molecule has 3 rings (SSSR count). The van der Waals surface area contributed by atoms with Gasteiger partial charge in [-0.3, -0.25) is 9.59 Å². The van der Waals surface area contributed by atoms with Crippen LogP contribution in [0.15, 0.2) is 60.7 Å². The van der Waals surface area contributed by atoms with Crippen LogP contribution in [0.25, 0.3) is 0 Å². The lowest BCUT2D eigenvalue weighted by atomic mass is 10.0. The van der Waals surface area contributed by atoms with Gasteiger partial charge in [0, 0.05) is 25.5 Å². The highest BCUT2D eigenvalue weighted by atomic mass is 35.5. The molecule has 0 heterocycles. The van der Waals surface area contributed by atoms with Crippen molar-refractivity contribution in [2.24, 2.45) is 0 Å². The quantitative estimate of drug-likeness (QED) is 0.418. The number of rotatable bonds is 8. The van der Waals surface area contributed by atoms with Crippen LogP contribution in [0.2, 0.25) is 10.0 Å². The topological polar surface area (TPSA) is 55.4 Å². The number of ketones is 1. The lowest BCUT2D eigenvalue weighted by molar-refractivity contribution is -0.120. The van der Waals surface area contributed by atoms with E-state index in [2.05, 4.69) is 5.32 Å². The molecule has 0 unspecified atom stereocenters. The van der Waals surface area contributed by atoms with Crippen LogP contribution in [0.5, 0.6) is 11.5 Å². The molecule has 0 saturated carbocycles. The van der Waals surface area contributed by atoms with Crippen LogP contribution >= 0.6 is 23.2 Å². The molecule has 0 aliphatic heterocycles. The second-order valence-corrected chi connectivity index (χ2v) is 7.73. The average Bonchev–Trinajstić information content (AvgIpc) is 2.76. The largest absolute Gasteiger partial charge is 0.454 e. The Balaban J connectivity index is 1.63. The molecule has 0 aliphatic carbocycles. The van der Waals surface area contributed by atoms with Gasteiger partial charge in [-0.15, -0.1) is 0 Å². The third-order valence-electron chi connectivity index (χ3n) is 4.67. The lowest BCUT2D eigenvalue weighted by Crippen LogP contribution is -2.17. The van der Waals surface area contributed by atoms with Gasteiger partial charge in [0.1, 0.15) is 5.75 Å². The van der Waals surface area contributed by atoms with Crippen LogP contribution in [0, 0.1) is 5.82 Å². The third-order valence-corrected chi connectivity index (χ3v) is 5.41. The minimum Gasteiger partial charge on any atom is -0.454 e. The van der Waals surface area contributed by atoms with Crippen molar-refractivity contribution in [3.63, 3.8) is 0 Å². The summed E-state index contributed by atoms with van der Waals surface area (Å²) < 4.78 is 20.1. The Morgan fingerprint density at radius 3 is 2.29 bits per heavy atom. The molecule has 0 spiro atoms. The number of hydrogen-bond donors (Lipinski definition) is 1. The molecule has 160 valence electrons. The highest BCUT2D eigenvalue weighted by Crippen LogP contribution is 2.27. The van der Waals surface area contributed by atoms with Gasteiger partial charge in [-0.2, -0.15) is 0 Å². The molecular weight excluding hydrogens is 440 g/mol. The van der Waals surface area contributed by atoms with E-state index < -0.39 is 5.82 Å². The van der Waals surface area contributed by atoms with Crippen LogP contribution in [-0.2, 0) is 17.6 Å². The van der Waals surface area contributed by atoms with E-state index in [-0.39, 0.29) is 23.9 Å². The van der Waals surface area contributed by atoms with E-state index in [1.807, 2.05) is 12.1 Å². The van der Waals surface area contributed by atoms with Crippen molar-refractivity contribution in [1.82, 2.24) is 5.32 Å². The number of amides is 1. The monoisotopic (exact) mass is 459 g/mol. The van der Waals surface area contributed by atoms with Gasteiger partial charge in [0.15, 0.2) is 17.3 Å². The maximum atomic E-state index is 14.5. The predicted molar refractivity (Wildman–Crippen MR) is 120 cm³/mol. The number of halogens is 3. The van der Waals surface area contributed by atoms with Gasteiger partial charge in [-0.25, -0.2) is 4.39 Å². The maximum absolute atomic E-state index is 14.5. The molecule has 0 aliphatic rings. The minimum absolute atomic E-state index is 0.0230. The molecule has 0 fully saturated rings. The molecule has 0 radical (unpaired) electrons. The Hall–Kier alpha value is -2.89. The zero-order valence-corrected chi connectivity index (χ0v) is 18.3. The van der Waals surface area contributed by atoms with E-state index in [9.17, 15) is 14.0 Å². The molecule has 3 aromatic carbocycles. The number of nitrogens with one attached hydrogen (secondary N) is 1. The van der Waals surface area contributed by atoms with Crippen molar-refractivity contribution in [1.29, 1.82) is 0 Å². The Kier molecular flexibility index (Phi) is 7.66. The molecule has 3 aromatic rings. The fraction of sp³-hybridized carbons (Fsp3) is 0.167. The van der Waals surface area contributed by atoms with E-state index in [0.717, 1.165) is 5.56 Å². The summed E-state index contributed by atoms with van der Waals surface area (Å²) in [6, 6.07) is 16.2. The number of Topliss-reactive ketones (excluding diaryl/α,β-unsaturated/α-hetero) is 1. The molecule has 1 N–H and O–H groups in total. The molecule has 4 nitrogen and oxygen atoms in total. The van der Waals surface area contributed by atoms with Gasteiger partial charge in [-0.1, -0.05) is 41.4 Å². The first-order valence-electron chi connectivity index (χ1n) is 9.60. The molecule has 0 aromatic heterocycles. The highest BCUT2D eigenvalue weighted by Gasteiger charge is 2.12. The number of carbonyl (C=O) groups is 2. The van der Waals surface area contributed by atoms with Crippen molar-refractivity contribution in [2.45, 2.75) is 19.3 Å². The summed E-state index contributed by atoms with van der Waals surface area (Å²) in [5.41, 5.74) is 1.91. The summed E-state index contributed by atoms with van der Waals surface area (Å²) in [5, 5.41) is 3.24. The zero-order chi connectivity index (χ0) is 22.4. The van der Waals surface area contributed by atoms with Crippen LogP contribution in [0.1, 0.15) is 27.9 Å². The molecule has 7 heteroatoms. The summed E-state index contributed by atoms with van der Waals surface area (Å²) in [4.78, 5) is 23.8. The Morgan fingerprint density at radius 2 is 1.65 bits per heavy atom. The van der Waals surface area contributed by atoms with Gasteiger partial charge < -0.3 is 10.1 Å². The Labute approximate surface area is 189 Å². The summed E-state index contributed by atoms with van der Waals surface area (Å²) in [6.07, 6.45) is 1.03. The standard InChI is InChI=1S/C24H20Cl2FNO3/c1-28-24(30)11-5-15-2-7-18(8-3-15)31-23-10-4-16(12-21(23)27)13-22(29)17-6-9-19(25)20(26)14-17/h2-4,6-10,12,14H,5,11,13H2,1H3,(H,28,30). The number of carbonyl (C=O) groups excluding carboxylic acids is 2. The first-order valence-corrected chi connectivity index (χ1v) is 10.4. The molecule has 0 saturated heterocycles. The predicted octanol–water partition coefficient (Wildman–Crippen LogP) is 6.03.